The van der Waals surface area contributed by atoms with Crippen molar-refractivity contribution in [3.63, 3.8) is 0 Å². The molecule has 6 nitrogen and oxygen atoms in total. The second-order valence-electron chi connectivity index (χ2n) is 7.92. The molecule has 0 aromatic heterocycles. The van der Waals surface area contributed by atoms with Crippen molar-refractivity contribution in [2.75, 3.05) is 32.8 Å². The normalized spacial score (nSPS) is 20.3. The van der Waals surface area contributed by atoms with Gasteiger partial charge in [-0.05, 0) is 18.1 Å². The van der Waals surface area contributed by atoms with Crippen LogP contribution in [-0.2, 0) is 20.9 Å². The van der Waals surface area contributed by atoms with Crippen molar-refractivity contribution in [2.45, 2.75) is 32.0 Å². The molecule has 0 spiro atoms. The monoisotopic (exact) mass is 407 g/mol. The Morgan fingerprint density at radius 1 is 1.10 bits per heavy atom. The Morgan fingerprint density at radius 2 is 1.77 bits per heavy atom. The van der Waals surface area contributed by atoms with Crippen LogP contribution in [0.3, 0.4) is 0 Å². The van der Waals surface area contributed by atoms with Gasteiger partial charge in [-0.15, -0.1) is 0 Å². The Balaban J connectivity index is 1.46. The largest absolute Gasteiger partial charge is 0.382 e. The van der Waals surface area contributed by atoms with Crippen molar-refractivity contribution in [2.24, 2.45) is 5.16 Å². The molecule has 0 saturated carbocycles. The maximum atomic E-state index is 13.5. The molecule has 6 heteroatoms. The molecule has 0 N–H and O–H groups in total. The van der Waals surface area contributed by atoms with E-state index in [0.29, 0.717) is 13.0 Å². The molecule has 2 atom stereocenters. The zero-order valence-corrected chi connectivity index (χ0v) is 17.4. The smallest absolute Gasteiger partial charge is 0.267 e. The van der Waals surface area contributed by atoms with Crippen molar-refractivity contribution in [1.82, 2.24) is 9.80 Å². The summed E-state index contributed by atoms with van der Waals surface area (Å²) in [6.07, 6.45) is -0.0747. The number of hydrogen-bond donors (Lipinski definition) is 0. The molecule has 4 rings (SSSR count). The van der Waals surface area contributed by atoms with Gasteiger partial charge in [-0.1, -0.05) is 65.8 Å². The first-order chi connectivity index (χ1) is 14.7. The van der Waals surface area contributed by atoms with Gasteiger partial charge in [0.1, 0.15) is 0 Å². The molecule has 2 aromatic rings. The summed E-state index contributed by atoms with van der Waals surface area (Å²) in [6.45, 7) is 6.80. The predicted molar refractivity (Wildman–Crippen MR) is 116 cm³/mol. The number of morpholine rings is 1. The average molecular weight is 408 g/mol. The summed E-state index contributed by atoms with van der Waals surface area (Å²) in [7, 11) is 0. The van der Waals surface area contributed by atoms with E-state index in [1.165, 1.54) is 0 Å². The number of rotatable bonds is 7. The van der Waals surface area contributed by atoms with E-state index in [1.54, 1.807) is 0 Å². The van der Waals surface area contributed by atoms with Crippen LogP contribution in [-0.4, -0.2) is 66.4 Å². The van der Waals surface area contributed by atoms with Crippen molar-refractivity contribution < 1.29 is 14.4 Å². The summed E-state index contributed by atoms with van der Waals surface area (Å²) in [4.78, 5) is 23.4. The number of benzene rings is 2. The van der Waals surface area contributed by atoms with Crippen molar-refractivity contribution in [3.8, 4) is 0 Å². The van der Waals surface area contributed by atoms with E-state index in [0.717, 1.165) is 49.7 Å². The number of carbonyl (C=O) groups excluding carboxylic acids is 1. The van der Waals surface area contributed by atoms with Crippen LogP contribution < -0.4 is 0 Å². The van der Waals surface area contributed by atoms with E-state index >= 15 is 0 Å². The van der Waals surface area contributed by atoms with E-state index < -0.39 is 6.10 Å². The average Bonchev–Trinajstić information content (AvgIpc) is 3.29. The van der Waals surface area contributed by atoms with Crippen molar-refractivity contribution >= 4 is 11.6 Å². The molecule has 30 heavy (non-hydrogen) atoms. The van der Waals surface area contributed by atoms with Gasteiger partial charge < -0.3 is 14.5 Å². The highest BCUT2D eigenvalue weighted by molar-refractivity contribution is 6.04. The lowest BCUT2D eigenvalue weighted by Crippen LogP contribution is -2.50. The summed E-state index contributed by atoms with van der Waals surface area (Å²) in [6, 6.07) is 20.1. The first-order valence-corrected chi connectivity index (χ1v) is 10.6. The van der Waals surface area contributed by atoms with Crippen molar-refractivity contribution in [1.29, 1.82) is 0 Å². The van der Waals surface area contributed by atoms with Gasteiger partial charge in [-0.25, -0.2) is 0 Å². The highest BCUT2D eigenvalue weighted by Crippen LogP contribution is 2.21. The van der Waals surface area contributed by atoms with Crippen LogP contribution in [0.4, 0.5) is 0 Å². The summed E-state index contributed by atoms with van der Waals surface area (Å²) in [5, 5.41) is 4.22. The van der Waals surface area contributed by atoms with Crippen LogP contribution in [0.25, 0.3) is 0 Å². The lowest BCUT2D eigenvalue weighted by molar-refractivity contribution is -0.145. The number of carbonyl (C=O) groups is 1. The van der Waals surface area contributed by atoms with Gasteiger partial charge in [-0.2, -0.15) is 0 Å². The summed E-state index contributed by atoms with van der Waals surface area (Å²) in [5.41, 5.74) is 2.94. The zero-order chi connectivity index (χ0) is 20.8. The second-order valence-corrected chi connectivity index (χ2v) is 7.92. The summed E-state index contributed by atoms with van der Waals surface area (Å²) >= 11 is 0. The Kier molecular flexibility index (Phi) is 6.77. The molecule has 0 aliphatic carbocycles. The third-order valence-electron chi connectivity index (χ3n) is 5.69. The molecule has 2 unspecified atom stereocenters. The quantitative estimate of drug-likeness (QED) is 0.708. The Morgan fingerprint density at radius 3 is 2.47 bits per heavy atom. The third kappa shape index (κ3) is 5.07. The maximum Gasteiger partial charge on any atom is 0.267 e. The lowest BCUT2D eigenvalue weighted by Gasteiger charge is -2.35. The minimum atomic E-state index is -0.573. The van der Waals surface area contributed by atoms with Crippen LogP contribution in [0, 0.1) is 0 Å². The van der Waals surface area contributed by atoms with Gasteiger partial charge in [0.15, 0.2) is 0 Å². The fraction of sp³-hybridized carbons (Fsp3) is 0.417. The molecule has 1 saturated heterocycles. The molecular weight excluding hydrogens is 378 g/mol. The van der Waals surface area contributed by atoms with E-state index in [1.807, 2.05) is 53.4 Å². The Labute approximate surface area is 178 Å². The van der Waals surface area contributed by atoms with Gasteiger partial charge in [0, 0.05) is 38.6 Å². The molecule has 2 aromatic carbocycles. The fourth-order valence-electron chi connectivity index (χ4n) is 3.98. The van der Waals surface area contributed by atoms with Crippen LogP contribution in [0.5, 0.6) is 0 Å². The van der Waals surface area contributed by atoms with E-state index in [9.17, 15) is 4.79 Å². The second kappa shape index (κ2) is 9.87. The predicted octanol–water partition coefficient (Wildman–Crippen LogP) is 2.93. The van der Waals surface area contributed by atoms with Crippen LogP contribution in [0.2, 0.25) is 0 Å². The minimum Gasteiger partial charge on any atom is -0.382 e. The molecule has 1 fully saturated rings. The summed E-state index contributed by atoms with van der Waals surface area (Å²) in [5.74, 6) is -0.00528. The van der Waals surface area contributed by atoms with Gasteiger partial charge in [0.2, 0.25) is 6.10 Å². The van der Waals surface area contributed by atoms with Gasteiger partial charge in [0.05, 0.1) is 18.9 Å². The molecule has 1 amide bonds. The summed E-state index contributed by atoms with van der Waals surface area (Å²) < 4.78 is 5.46. The van der Waals surface area contributed by atoms with E-state index in [-0.39, 0.29) is 11.9 Å². The third-order valence-corrected chi connectivity index (χ3v) is 5.69. The lowest BCUT2D eigenvalue weighted by atomic mass is 10.0. The first-order valence-electron chi connectivity index (χ1n) is 10.6. The minimum absolute atomic E-state index is 0.00528. The molecule has 158 valence electrons. The Bertz CT molecular complexity index is 851. The van der Waals surface area contributed by atoms with Crippen molar-refractivity contribution in [3.05, 3.63) is 71.8 Å². The molecule has 0 radical (unpaired) electrons. The van der Waals surface area contributed by atoms with E-state index in [2.05, 4.69) is 29.1 Å². The number of hydrogen-bond acceptors (Lipinski definition) is 5. The SMILES string of the molecule is CC(CN1CCOCC1)N(Cc1ccccc1)C(=O)C1CC(c2ccccc2)=NO1. The number of amides is 1. The molecular formula is C24H29N3O3. The highest BCUT2D eigenvalue weighted by Gasteiger charge is 2.35. The number of oxime groups is 1. The maximum absolute atomic E-state index is 13.5. The van der Waals surface area contributed by atoms with Gasteiger partial charge >= 0.3 is 0 Å². The first kappa shape index (κ1) is 20.6. The fourth-order valence-corrected chi connectivity index (χ4v) is 3.98. The van der Waals surface area contributed by atoms with Crippen LogP contribution in [0.15, 0.2) is 65.8 Å². The topological polar surface area (TPSA) is 54.4 Å². The van der Waals surface area contributed by atoms with Crippen LogP contribution in [0.1, 0.15) is 24.5 Å². The molecule has 2 aliphatic rings. The van der Waals surface area contributed by atoms with Gasteiger partial charge in [-0.3, -0.25) is 9.69 Å². The molecule has 2 heterocycles. The number of nitrogens with zero attached hydrogens (tertiary/aromatic N) is 3. The molecule has 0 bridgehead atoms. The number of ether oxygens (including phenoxy) is 1. The van der Waals surface area contributed by atoms with E-state index in [4.69, 9.17) is 9.57 Å². The standard InChI is InChI=1S/C24H29N3O3/c1-19(17-26-12-14-29-15-13-26)27(18-20-8-4-2-5-9-20)24(28)23-16-22(25-30-23)21-10-6-3-7-11-21/h2-11,19,23H,12-18H2,1H3. The zero-order valence-electron chi connectivity index (χ0n) is 17.4. The highest BCUT2D eigenvalue weighted by atomic mass is 16.6. The van der Waals surface area contributed by atoms with Crippen LogP contribution >= 0.6 is 0 Å². The molecule has 2 aliphatic heterocycles. The van der Waals surface area contributed by atoms with Gasteiger partial charge in [0.25, 0.3) is 5.91 Å². The Hall–Kier alpha value is -2.70.